The highest BCUT2D eigenvalue weighted by Crippen LogP contribution is 2.30. The number of fused-ring (bicyclic) bond motifs is 1. The minimum Gasteiger partial charge on any atom is -0.467 e. The lowest BCUT2D eigenvalue weighted by atomic mass is 10.2. The van der Waals surface area contributed by atoms with E-state index >= 15 is 0 Å². The lowest BCUT2D eigenvalue weighted by Gasteiger charge is -2.35. The molecule has 0 radical (unpaired) electrons. The first-order chi connectivity index (χ1) is 15.0. The number of morpholine rings is 1. The number of thioether (sulfide) groups is 1. The predicted molar refractivity (Wildman–Crippen MR) is 120 cm³/mol. The molecule has 0 aliphatic carbocycles. The van der Waals surface area contributed by atoms with Gasteiger partial charge in [0.25, 0.3) is 0 Å². The minimum atomic E-state index is -0.0643. The Hall–Kier alpha value is -2.71. The Labute approximate surface area is 185 Å². The summed E-state index contributed by atoms with van der Waals surface area (Å²) in [6, 6.07) is 11.6. The van der Waals surface area contributed by atoms with E-state index in [1.807, 2.05) is 59.8 Å². The van der Waals surface area contributed by atoms with Crippen molar-refractivity contribution in [2.45, 2.75) is 44.0 Å². The van der Waals surface area contributed by atoms with Gasteiger partial charge in [-0.1, -0.05) is 18.2 Å². The molecule has 2 atom stereocenters. The summed E-state index contributed by atoms with van der Waals surface area (Å²) >= 11 is 1.47. The second-order valence-corrected chi connectivity index (χ2v) is 8.86. The Morgan fingerprint density at radius 2 is 1.90 bits per heavy atom. The van der Waals surface area contributed by atoms with Crippen molar-refractivity contribution in [3.8, 4) is 0 Å². The minimum absolute atomic E-state index is 0.0416. The van der Waals surface area contributed by atoms with Gasteiger partial charge in [0.1, 0.15) is 12.3 Å². The van der Waals surface area contributed by atoms with Crippen molar-refractivity contribution in [3.63, 3.8) is 0 Å². The SMILES string of the molecule is C[C@@H]1CN(C(=O)Cn2cc(SCC(=O)NCc3ccco3)c3ccccc32)C[C@H](C)O1. The number of rotatable bonds is 7. The molecule has 1 fully saturated rings. The number of hydrogen-bond donors (Lipinski definition) is 1. The summed E-state index contributed by atoms with van der Waals surface area (Å²) < 4.78 is 13.0. The van der Waals surface area contributed by atoms with Crippen LogP contribution in [0.4, 0.5) is 0 Å². The van der Waals surface area contributed by atoms with Gasteiger partial charge in [0.05, 0.1) is 30.8 Å². The normalized spacial score (nSPS) is 19.0. The predicted octanol–water partition coefficient (Wildman–Crippen LogP) is 3.28. The van der Waals surface area contributed by atoms with Crippen LogP contribution in [0.15, 0.2) is 58.2 Å². The first kappa shape index (κ1) is 21.5. The standard InChI is InChI=1S/C23H27N3O4S/c1-16-11-26(12-17(2)30-16)23(28)14-25-13-21(19-7-3-4-8-20(19)25)31-15-22(27)24-10-18-6-5-9-29-18/h3-9,13,16-17H,10-12,14-15H2,1-2H3,(H,24,27)/t16-,17+. The van der Waals surface area contributed by atoms with Crippen LogP contribution in [-0.2, 0) is 27.4 Å². The molecular formula is C23H27N3O4S. The molecule has 1 aromatic carbocycles. The van der Waals surface area contributed by atoms with Crippen molar-refractivity contribution < 1.29 is 18.7 Å². The average Bonchev–Trinajstić information content (AvgIpc) is 3.38. The van der Waals surface area contributed by atoms with Gasteiger partial charge < -0.3 is 23.9 Å². The number of furan rings is 1. The molecule has 0 saturated carbocycles. The first-order valence-electron chi connectivity index (χ1n) is 10.4. The molecule has 1 N–H and O–H groups in total. The number of ether oxygens (including phenoxy) is 1. The van der Waals surface area contributed by atoms with Crippen LogP contribution >= 0.6 is 11.8 Å². The monoisotopic (exact) mass is 441 g/mol. The Bertz CT molecular complexity index is 1040. The van der Waals surface area contributed by atoms with Gasteiger partial charge in [0.2, 0.25) is 11.8 Å². The van der Waals surface area contributed by atoms with E-state index in [2.05, 4.69) is 5.32 Å². The van der Waals surface area contributed by atoms with Crippen molar-refractivity contribution in [2.24, 2.45) is 0 Å². The lowest BCUT2D eigenvalue weighted by molar-refractivity contribution is -0.143. The van der Waals surface area contributed by atoms with Crippen LogP contribution in [0.3, 0.4) is 0 Å². The Kier molecular flexibility index (Phi) is 6.67. The number of nitrogens with zero attached hydrogens (tertiary/aromatic N) is 2. The van der Waals surface area contributed by atoms with Crippen LogP contribution < -0.4 is 5.32 Å². The van der Waals surface area contributed by atoms with Crippen LogP contribution in [0.2, 0.25) is 0 Å². The van der Waals surface area contributed by atoms with Gasteiger partial charge >= 0.3 is 0 Å². The summed E-state index contributed by atoms with van der Waals surface area (Å²) in [5, 5.41) is 3.90. The summed E-state index contributed by atoms with van der Waals surface area (Å²) in [6.07, 6.45) is 3.64. The summed E-state index contributed by atoms with van der Waals surface area (Å²) in [7, 11) is 0. The lowest BCUT2D eigenvalue weighted by Crippen LogP contribution is -2.49. The molecule has 0 unspecified atom stereocenters. The Balaban J connectivity index is 1.42. The molecule has 4 rings (SSSR count). The highest BCUT2D eigenvalue weighted by molar-refractivity contribution is 8.00. The van der Waals surface area contributed by atoms with Crippen molar-refractivity contribution in [3.05, 3.63) is 54.6 Å². The van der Waals surface area contributed by atoms with Gasteiger partial charge in [0, 0.05) is 35.1 Å². The van der Waals surface area contributed by atoms with Crippen molar-refractivity contribution in [2.75, 3.05) is 18.8 Å². The van der Waals surface area contributed by atoms with Gasteiger partial charge in [-0.15, -0.1) is 11.8 Å². The highest BCUT2D eigenvalue weighted by Gasteiger charge is 2.26. The fourth-order valence-corrected chi connectivity index (χ4v) is 4.80. The number of carbonyl (C=O) groups is 2. The van der Waals surface area contributed by atoms with Crippen LogP contribution in [0.25, 0.3) is 10.9 Å². The topological polar surface area (TPSA) is 76.7 Å². The molecule has 3 aromatic rings. The second-order valence-electron chi connectivity index (χ2n) is 7.84. The van der Waals surface area contributed by atoms with Crippen molar-refractivity contribution in [1.29, 1.82) is 0 Å². The van der Waals surface area contributed by atoms with E-state index in [1.54, 1.807) is 12.3 Å². The van der Waals surface area contributed by atoms with Crippen LogP contribution in [0, 0.1) is 0 Å². The third-order valence-electron chi connectivity index (χ3n) is 5.23. The Morgan fingerprint density at radius 1 is 1.13 bits per heavy atom. The van der Waals surface area contributed by atoms with E-state index in [9.17, 15) is 9.59 Å². The number of carbonyl (C=O) groups excluding carboxylic acids is 2. The summed E-state index contributed by atoms with van der Waals surface area (Å²) in [6.45, 7) is 5.85. The molecule has 1 saturated heterocycles. The van der Waals surface area contributed by atoms with Crippen molar-refractivity contribution >= 4 is 34.5 Å². The van der Waals surface area contributed by atoms with Crippen LogP contribution in [0.1, 0.15) is 19.6 Å². The molecule has 0 spiro atoms. The molecule has 7 nitrogen and oxygen atoms in total. The maximum Gasteiger partial charge on any atom is 0.242 e. The first-order valence-corrected chi connectivity index (χ1v) is 11.4. The zero-order chi connectivity index (χ0) is 21.8. The van der Waals surface area contributed by atoms with Gasteiger partial charge in [-0.3, -0.25) is 9.59 Å². The van der Waals surface area contributed by atoms with Crippen molar-refractivity contribution in [1.82, 2.24) is 14.8 Å². The van der Waals surface area contributed by atoms with Gasteiger partial charge in [-0.25, -0.2) is 0 Å². The molecule has 0 bridgehead atoms. The van der Waals surface area contributed by atoms with E-state index in [1.165, 1.54) is 11.8 Å². The van der Waals surface area contributed by atoms with Gasteiger partial charge in [0.15, 0.2) is 0 Å². The van der Waals surface area contributed by atoms with Crippen LogP contribution in [0.5, 0.6) is 0 Å². The quantitative estimate of drug-likeness (QED) is 0.570. The number of nitrogens with one attached hydrogen (secondary N) is 1. The molecule has 8 heteroatoms. The zero-order valence-corrected chi connectivity index (χ0v) is 18.6. The van der Waals surface area contributed by atoms with Crippen LogP contribution in [-0.4, -0.2) is 52.3 Å². The fourth-order valence-electron chi connectivity index (χ4n) is 3.88. The number of benzene rings is 1. The maximum absolute atomic E-state index is 12.9. The molecule has 2 aromatic heterocycles. The van der Waals surface area contributed by atoms with Gasteiger partial charge in [-0.2, -0.15) is 0 Å². The maximum atomic E-state index is 12.9. The number of para-hydroxylation sites is 1. The molecule has 164 valence electrons. The van der Waals surface area contributed by atoms with E-state index in [0.29, 0.717) is 25.4 Å². The van der Waals surface area contributed by atoms with E-state index in [-0.39, 0.29) is 30.6 Å². The number of hydrogen-bond acceptors (Lipinski definition) is 5. The highest BCUT2D eigenvalue weighted by atomic mass is 32.2. The number of aromatic nitrogens is 1. The molecule has 3 heterocycles. The van der Waals surface area contributed by atoms with Gasteiger partial charge in [-0.05, 0) is 32.0 Å². The molecular weight excluding hydrogens is 414 g/mol. The third-order valence-corrected chi connectivity index (χ3v) is 6.27. The average molecular weight is 442 g/mol. The number of amides is 2. The summed E-state index contributed by atoms with van der Waals surface area (Å²) in [4.78, 5) is 28.1. The second kappa shape index (κ2) is 9.62. The largest absolute Gasteiger partial charge is 0.467 e. The fraction of sp³-hybridized carbons (Fsp3) is 0.391. The zero-order valence-electron chi connectivity index (χ0n) is 17.7. The summed E-state index contributed by atoms with van der Waals surface area (Å²) in [5.74, 6) is 1.03. The molecule has 2 amide bonds. The molecule has 1 aliphatic heterocycles. The Morgan fingerprint density at radius 3 is 2.65 bits per heavy atom. The third kappa shape index (κ3) is 5.32. The smallest absolute Gasteiger partial charge is 0.242 e. The summed E-state index contributed by atoms with van der Waals surface area (Å²) in [5.41, 5.74) is 0.990. The van der Waals surface area contributed by atoms with E-state index in [0.717, 1.165) is 21.6 Å². The van der Waals surface area contributed by atoms with E-state index in [4.69, 9.17) is 9.15 Å². The molecule has 1 aliphatic rings. The van der Waals surface area contributed by atoms with E-state index < -0.39 is 0 Å². The molecule has 31 heavy (non-hydrogen) atoms.